The molecule has 1 aromatic rings. The van der Waals surface area contributed by atoms with Gasteiger partial charge in [-0.05, 0) is 27.7 Å². The second-order valence-electron chi connectivity index (χ2n) is 5.98. The molecule has 1 aromatic carbocycles. The number of carbonyl (C=O) groups is 1. The lowest BCUT2D eigenvalue weighted by Gasteiger charge is -2.42. The third-order valence-corrected chi connectivity index (χ3v) is 4.02. The maximum absolute atomic E-state index is 12.1. The van der Waals surface area contributed by atoms with Crippen LogP contribution in [0.3, 0.4) is 0 Å². The average Bonchev–Trinajstić information content (AvgIpc) is 2.49. The van der Waals surface area contributed by atoms with Crippen LogP contribution in [0.15, 0.2) is 6.07 Å². The number of ketones is 1. The Hall–Kier alpha value is -1.79. The molecule has 2 atom stereocenters. The molecule has 0 saturated carbocycles. The summed E-state index contributed by atoms with van der Waals surface area (Å²) in [5, 5.41) is 10.6. The molecule has 128 valence electrons. The van der Waals surface area contributed by atoms with E-state index in [0.717, 1.165) is 0 Å². The molecule has 0 saturated heterocycles. The first-order valence-electron chi connectivity index (χ1n) is 7.56. The molecule has 23 heavy (non-hydrogen) atoms. The second kappa shape index (κ2) is 6.37. The Kier molecular flexibility index (Phi) is 4.87. The molecule has 1 N–H and O–H groups in total. The summed E-state index contributed by atoms with van der Waals surface area (Å²) in [6.07, 6.45) is -1.56. The number of hydrogen-bond acceptors (Lipinski definition) is 6. The Morgan fingerprint density at radius 3 is 2.48 bits per heavy atom. The van der Waals surface area contributed by atoms with Crippen molar-refractivity contribution in [2.45, 2.75) is 45.5 Å². The van der Waals surface area contributed by atoms with Crippen LogP contribution in [-0.4, -0.2) is 43.4 Å². The van der Waals surface area contributed by atoms with E-state index in [2.05, 4.69) is 0 Å². The van der Waals surface area contributed by atoms with Gasteiger partial charge >= 0.3 is 0 Å². The Labute approximate surface area is 136 Å². The number of carbonyl (C=O) groups excluding carboxylic acids is 1. The zero-order valence-electron chi connectivity index (χ0n) is 14.4. The maximum atomic E-state index is 12.1. The van der Waals surface area contributed by atoms with Crippen molar-refractivity contribution in [2.75, 3.05) is 20.8 Å². The van der Waals surface area contributed by atoms with E-state index in [4.69, 9.17) is 18.9 Å². The molecule has 1 heterocycles. The lowest BCUT2D eigenvalue weighted by Crippen LogP contribution is -2.49. The van der Waals surface area contributed by atoms with Gasteiger partial charge in [0.15, 0.2) is 5.78 Å². The van der Waals surface area contributed by atoms with Crippen LogP contribution >= 0.6 is 0 Å². The van der Waals surface area contributed by atoms with E-state index < -0.39 is 17.8 Å². The number of ether oxygens (including phenoxy) is 4. The van der Waals surface area contributed by atoms with E-state index in [9.17, 15) is 9.90 Å². The second-order valence-corrected chi connectivity index (χ2v) is 5.98. The van der Waals surface area contributed by atoms with Crippen molar-refractivity contribution in [1.29, 1.82) is 0 Å². The summed E-state index contributed by atoms with van der Waals surface area (Å²) >= 11 is 0. The van der Waals surface area contributed by atoms with E-state index in [1.807, 2.05) is 6.92 Å². The molecule has 0 fully saturated rings. The summed E-state index contributed by atoms with van der Waals surface area (Å²) in [6.45, 7) is 7.25. The van der Waals surface area contributed by atoms with Crippen LogP contribution in [-0.2, 0) is 4.74 Å². The Balaban J connectivity index is 2.78. The number of aliphatic hydroxyl groups is 1. The molecule has 0 bridgehead atoms. The predicted molar refractivity (Wildman–Crippen MR) is 84.6 cm³/mol. The van der Waals surface area contributed by atoms with Crippen molar-refractivity contribution in [3.63, 3.8) is 0 Å². The van der Waals surface area contributed by atoms with Crippen molar-refractivity contribution in [3.8, 4) is 17.2 Å². The van der Waals surface area contributed by atoms with Crippen LogP contribution in [0.4, 0.5) is 0 Å². The van der Waals surface area contributed by atoms with Crippen molar-refractivity contribution < 1.29 is 28.8 Å². The number of benzene rings is 1. The largest absolute Gasteiger partial charge is 0.496 e. The van der Waals surface area contributed by atoms with Gasteiger partial charge in [0.2, 0.25) is 0 Å². The molecule has 1 aliphatic heterocycles. The minimum atomic E-state index is -0.906. The average molecular weight is 324 g/mol. The Morgan fingerprint density at radius 1 is 1.35 bits per heavy atom. The lowest BCUT2D eigenvalue weighted by molar-refractivity contribution is -0.133. The molecule has 1 aliphatic rings. The number of fused-ring (bicyclic) bond motifs is 1. The molecule has 0 radical (unpaired) electrons. The highest BCUT2D eigenvalue weighted by molar-refractivity contribution is 6.00. The first-order valence-corrected chi connectivity index (χ1v) is 7.56. The molecule has 2 rings (SSSR count). The lowest BCUT2D eigenvalue weighted by atomic mass is 9.86. The SMILES string of the molecule is CCO[C@@H]1c2c(cc(OC)c(C(C)=O)c2OC)OC(C)(C)[C@@H]1O. The van der Waals surface area contributed by atoms with Crippen LogP contribution < -0.4 is 14.2 Å². The van der Waals surface area contributed by atoms with Crippen LogP contribution in [0, 0.1) is 0 Å². The minimum Gasteiger partial charge on any atom is -0.496 e. The minimum absolute atomic E-state index is 0.198. The number of hydrogen-bond donors (Lipinski definition) is 1. The van der Waals surface area contributed by atoms with Gasteiger partial charge in [-0.3, -0.25) is 4.79 Å². The van der Waals surface area contributed by atoms with Crippen LogP contribution in [0.5, 0.6) is 17.2 Å². The van der Waals surface area contributed by atoms with Gasteiger partial charge in [-0.25, -0.2) is 0 Å². The molecular formula is C17H24O6. The summed E-state index contributed by atoms with van der Waals surface area (Å²) in [5.41, 5.74) is 0.00165. The fourth-order valence-electron chi connectivity index (χ4n) is 2.91. The summed E-state index contributed by atoms with van der Waals surface area (Å²) in [7, 11) is 2.95. The van der Waals surface area contributed by atoms with Gasteiger partial charge in [0, 0.05) is 12.7 Å². The zero-order chi connectivity index (χ0) is 17.4. The molecule has 0 unspecified atom stereocenters. The predicted octanol–water partition coefficient (Wildman–Crippen LogP) is 2.52. The molecular weight excluding hydrogens is 300 g/mol. The van der Waals surface area contributed by atoms with E-state index in [-0.39, 0.29) is 5.78 Å². The monoisotopic (exact) mass is 324 g/mol. The molecule has 6 heteroatoms. The highest BCUT2D eigenvalue weighted by Crippen LogP contribution is 2.50. The summed E-state index contributed by atoms with van der Waals surface area (Å²) < 4.78 is 22.5. The van der Waals surface area contributed by atoms with Crippen LogP contribution in [0.2, 0.25) is 0 Å². The van der Waals surface area contributed by atoms with Gasteiger partial charge in [0.05, 0.1) is 19.8 Å². The van der Waals surface area contributed by atoms with E-state index >= 15 is 0 Å². The van der Waals surface area contributed by atoms with Gasteiger partial charge in [0.1, 0.15) is 40.6 Å². The fraction of sp³-hybridized carbons (Fsp3) is 0.588. The summed E-state index contributed by atoms with van der Waals surface area (Å²) in [6, 6.07) is 1.65. The quantitative estimate of drug-likeness (QED) is 0.839. The van der Waals surface area contributed by atoms with Gasteiger partial charge in [0.25, 0.3) is 0 Å². The molecule has 6 nitrogen and oxygen atoms in total. The number of methoxy groups -OCH3 is 2. The Morgan fingerprint density at radius 2 is 2.00 bits per heavy atom. The summed E-state index contributed by atoms with van der Waals surface area (Å²) in [5.74, 6) is 0.976. The van der Waals surface area contributed by atoms with Crippen LogP contribution in [0.1, 0.15) is 49.7 Å². The topological polar surface area (TPSA) is 74.2 Å². The van der Waals surface area contributed by atoms with Crippen molar-refractivity contribution >= 4 is 5.78 Å². The normalized spacial score (nSPS) is 22.0. The number of rotatable bonds is 5. The highest BCUT2D eigenvalue weighted by atomic mass is 16.5. The highest BCUT2D eigenvalue weighted by Gasteiger charge is 2.46. The van der Waals surface area contributed by atoms with Gasteiger partial charge in [-0.1, -0.05) is 0 Å². The number of Topliss-reactive ketones (excluding diaryl/α,β-unsaturated/α-hetero) is 1. The Bertz CT molecular complexity index is 608. The standard InChI is InChI=1S/C17H24O6/c1-7-22-15-13-11(23-17(3,4)16(15)19)8-10(20-5)12(9(2)18)14(13)21-6/h8,15-16,19H,7H2,1-6H3/t15-,16-/m1/s1. The third kappa shape index (κ3) is 2.88. The van der Waals surface area contributed by atoms with Crippen LogP contribution in [0.25, 0.3) is 0 Å². The maximum Gasteiger partial charge on any atom is 0.167 e. The fourth-order valence-corrected chi connectivity index (χ4v) is 2.91. The van der Waals surface area contributed by atoms with Gasteiger partial charge < -0.3 is 24.1 Å². The first-order chi connectivity index (χ1) is 10.8. The van der Waals surface area contributed by atoms with E-state index in [1.165, 1.54) is 21.1 Å². The van der Waals surface area contributed by atoms with Gasteiger partial charge in [-0.2, -0.15) is 0 Å². The zero-order valence-corrected chi connectivity index (χ0v) is 14.4. The van der Waals surface area contributed by atoms with Crippen molar-refractivity contribution in [2.24, 2.45) is 0 Å². The first kappa shape index (κ1) is 17.6. The molecule has 0 aromatic heterocycles. The van der Waals surface area contributed by atoms with Gasteiger partial charge in [-0.15, -0.1) is 0 Å². The van der Waals surface area contributed by atoms with Crippen molar-refractivity contribution in [3.05, 3.63) is 17.2 Å². The van der Waals surface area contributed by atoms with E-state index in [1.54, 1.807) is 19.9 Å². The smallest absolute Gasteiger partial charge is 0.167 e. The molecule has 0 amide bonds. The summed E-state index contributed by atoms with van der Waals surface area (Å²) in [4.78, 5) is 12.1. The number of aliphatic hydroxyl groups excluding tert-OH is 1. The van der Waals surface area contributed by atoms with Crippen molar-refractivity contribution in [1.82, 2.24) is 0 Å². The van der Waals surface area contributed by atoms with E-state index in [0.29, 0.717) is 35.0 Å². The molecule has 0 aliphatic carbocycles. The third-order valence-electron chi connectivity index (χ3n) is 4.02. The molecule has 0 spiro atoms.